The molecule has 3 aromatic rings. The van der Waals surface area contributed by atoms with E-state index in [1.165, 1.54) is 11.8 Å². The molecule has 1 saturated carbocycles. The summed E-state index contributed by atoms with van der Waals surface area (Å²) in [6, 6.07) is 17.7. The minimum absolute atomic E-state index is 0.0235. The number of nitrogens with one attached hydrogen (secondary N) is 1. The highest BCUT2D eigenvalue weighted by Gasteiger charge is 2.32. The number of nitrogens with zero attached hydrogens (tertiary/aromatic N) is 5. The van der Waals surface area contributed by atoms with Crippen molar-refractivity contribution in [3.05, 3.63) is 66.0 Å². The van der Waals surface area contributed by atoms with Gasteiger partial charge in [-0.05, 0) is 60.4 Å². The Bertz CT molecular complexity index is 1130. The first-order valence-corrected chi connectivity index (χ1v) is 12.3. The highest BCUT2D eigenvalue weighted by atomic mass is 32.2. The number of tetrazole rings is 1. The number of rotatable bonds is 7. The number of para-hydroxylation sites is 1. The quantitative estimate of drug-likeness (QED) is 0.543. The van der Waals surface area contributed by atoms with Gasteiger partial charge in [0.1, 0.15) is 0 Å². The molecule has 33 heavy (non-hydrogen) atoms. The van der Waals surface area contributed by atoms with Crippen LogP contribution in [-0.4, -0.2) is 56.1 Å². The van der Waals surface area contributed by atoms with E-state index in [1.807, 2.05) is 59.5 Å². The van der Waals surface area contributed by atoms with Gasteiger partial charge in [0, 0.05) is 24.0 Å². The van der Waals surface area contributed by atoms with Crippen LogP contribution in [0.3, 0.4) is 0 Å². The lowest BCUT2D eigenvalue weighted by Gasteiger charge is -2.32. The number of aromatic nitrogens is 4. The molecule has 1 aromatic heterocycles. The Hall–Kier alpha value is -3.20. The van der Waals surface area contributed by atoms with Gasteiger partial charge in [-0.1, -0.05) is 30.3 Å². The lowest BCUT2D eigenvalue weighted by Crippen LogP contribution is -2.46. The van der Waals surface area contributed by atoms with Crippen molar-refractivity contribution >= 4 is 23.6 Å². The minimum atomic E-state index is -0.126. The Balaban J connectivity index is 1.28. The first-order valence-electron chi connectivity index (χ1n) is 11.3. The van der Waals surface area contributed by atoms with Crippen molar-refractivity contribution < 1.29 is 9.59 Å². The van der Waals surface area contributed by atoms with E-state index >= 15 is 0 Å². The van der Waals surface area contributed by atoms with Gasteiger partial charge in [0.25, 0.3) is 5.91 Å². The van der Waals surface area contributed by atoms with Crippen LogP contribution in [-0.2, 0) is 10.5 Å². The zero-order chi connectivity index (χ0) is 22.6. The highest BCUT2D eigenvalue weighted by molar-refractivity contribution is 7.98. The van der Waals surface area contributed by atoms with E-state index in [0.717, 1.165) is 36.3 Å². The van der Waals surface area contributed by atoms with Gasteiger partial charge in [0.15, 0.2) is 5.82 Å². The average Bonchev–Trinajstić information content (AvgIpc) is 3.56. The van der Waals surface area contributed by atoms with Crippen molar-refractivity contribution in [3.8, 4) is 5.69 Å². The maximum absolute atomic E-state index is 13.4. The summed E-state index contributed by atoms with van der Waals surface area (Å²) in [5.74, 6) is 1.18. The van der Waals surface area contributed by atoms with Crippen molar-refractivity contribution in [2.45, 2.75) is 42.4 Å². The second-order valence-corrected chi connectivity index (χ2v) is 9.52. The molecule has 2 heterocycles. The Morgan fingerprint density at radius 1 is 1.03 bits per heavy atom. The van der Waals surface area contributed by atoms with E-state index in [4.69, 9.17) is 0 Å². The Labute approximate surface area is 196 Å². The van der Waals surface area contributed by atoms with Gasteiger partial charge in [-0.3, -0.25) is 9.59 Å². The number of amides is 2. The number of likely N-dealkylation sites (tertiary alicyclic amines) is 1. The summed E-state index contributed by atoms with van der Waals surface area (Å²) in [6.07, 6.45) is 3.81. The average molecular weight is 463 g/mol. The third-order valence-corrected chi connectivity index (χ3v) is 7.08. The van der Waals surface area contributed by atoms with Crippen molar-refractivity contribution in [2.75, 3.05) is 13.1 Å². The molecule has 9 heteroatoms. The molecule has 8 nitrogen and oxygen atoms in total. The van der Waals surface area contributed by atoms with Crippen LogP contribution in [0.5, 0.6) is 0 Å². The maximum Gasteiger partial charge on any atom is 0.255 e. The molecule has 0 spiro atoms. The highest BCUT2D eigenvalue weighted by Crippen LogP contribution is 2.29. The van der Waals surface area contributed by atoms with E-state index in [9.17, 15) is 9.59 Å². The molecule has 2 fully saturated rings. The minimum Gasteiger partial charge on any atom is -0.353 e. The predicted octanol–water partition coefficient (Wildman–Crippen LogP) is 3.09. The fraction of sp³-hybridized carbons (Fsp3) is 0.375. The van der Waals surface area contributed by atoms with Crippen LogP contribution in [0.15, 0.2) is 59.5 Å². The van der Waals surface area contributed by atoms with Crippen LogP contribution in [0, 0.1) is 5.92 Å². The molecule has 2 aromatic carbocycles. The molecule has 1 unspecified atom stereocenters. The van der Waals surface area contributed by atoms with Crippen LogP contribution in [0.25, 0.3) is 5.69 Å². The molecule has 1 N–H and O–H groups in total. The number of hydrogen-bond acceptors (Lipinski definition) is 6. The molecule has 0 radical (unpaired) electrons. The van der Waals surface area contributed by atoms with Crippen LogP contribution in [0.4, 0.5) is 0 Å². The number of hydrogen-bond donors (Lipinski definition) is 1. The first-order chi connectivity index (χ1) is 16.2. The summed E-state index contributed by atoms with van der Waals surface area (Å²) in [7, 11) is 0. The van der Waals surface area contributed by atoms with Crippen LogP contribution in [0.2, 0.25) is 0 Å². The van der Waals surface area contributed by atoms with E-state index in [-0.39, 0.29) is 17.7 Å². The van der Waals surface area contributed by atoms with E-state index in [1.54, 1.807) is 4.68 Å². The van der Waals surface area contributed by atoms with Gasteiger partial charge >= 0.3 is 0 Å². The topological polar surface area (TPSA) is 93.0 Å². The zero-order valence-corrected chi connectivity index (χ0v) is 19.1. The number of carbonyl (C=O) groups is 2. The van der Waals surface area contributed by atoms with Gasteiger partial charge in [-0.2, -0.15) is 4.68 Å². The van der Waals surface area contributed by atoms with Crippen LogP contribution in [0.1, 0.15) is 41.9 Å². The normalized spacial score (nSPS) is 18.2. The standard InChI is InChI=1S/C24H26N6O2S/c31-23(25-18-12-13-18)17-7-6-14-29(15-17)24(32)20-10-4-5-11-21(20)33-16-22-26-27-28-30(22)19-8-2-1-3-9-19/h1-5,8-11,17-18H,6-7,12-16H2,(H,25,31). The van der Waals surface area contributed by atoms with Crippen molar-refractivity contribution in [3.63, 3.8) is 0 Å². The van der Waals surface area contributed by atoms with Gasteiger partial charge in [0.2, 0.25) is 5.91 Å². The third-order valence-electron chi connectivity index (χ3n) is 6.01. The summed E-state index contributed by atoms with van der Waals surface area (Å²) >= 11 is 1.54. The largest absolute Gasteiger partial charge is 0.353 e. The summed E-state index contributed by atoms with van der Waals surface area (Å²) in [5, 5.41) is 15.2. The maximum atomic E-state index is 13.4. The molecular formula is C24H26N6O2S. The lowest BCUT2D eigenvalue weighted by atomic mass is 9.96. The number of carbonyl (C=O) groups excluding carboxylic acids is 2. The number of piperidine rings is 1. The predicted molar refractivity (Wildman–Crippen MR) is 125 cm³/mol. The van der Waals surface area contributed by atoms with E-state index in [2.05, 4.69) is 20.8 Å². The Morgan fingerprint density at radius 2 is 1.82 bits per heavy atom. The summed E-state index contributed by atoms with van der Waals surface area (Å²) in [6.45, 7) is 1.15. The number of benzene rings is 2. The second-order valence-electron chi connectivity index (χ2n) is 8.50. The fourth-order valence-electron chi connectivity index (χ4n) is 4.07. The molecule has 2 amide bonds. The molecule has 1 aliphatic carbocycles. The first kappa shape index (κ1) is 21.6. The lowest BCUT2D eigenvalue weighted by molar-refractivity contribution is -0.126. The van der Waals surface area contributed by atoms with Crippen LogP contribution < -0.4 is 5.32 Å². The van der Waals surface area contributed by atoms with Gasteiger partial charge in [-0.25, -0.2) is 0 Å². The molecule has 1 aliphatic heterocycles. The van der Waals surface area contributed by atoms with Crippen LogP contribution >= 0.6 is 11.8 Å². The smallest absolute Gasteiger partial charge is 0.255 e. The van der Waals surface area contributed by atoms with Crippen molar-refractivity contribution in [2.24, 2.45) is 5.92 Å². The zero-order valence-electron chi connectivity index (χ0n) is 18.3. The van der Waals surface area contributed by atoms with E-state index < -0.39 is 0 Å². The van der Waals surface area contributed by atoms with Gasteiger partial charge < -0.3 is 10.2 Å². The second kappa shape index (κ2) is 9.74. The molecule has 1 saturated heterocycles. The van der Waals surface area contributed by atoms with Gasteiger partial charge in [-0.15, -0.1) is 16.9 Å². The summed E-state index contributed by atoms with van der Waals surface area (Å²) in [4.78, 5) is 28.6. The summed E-state index contributed by atoms with van der Waals surface area (Å²) < 4.78 is 1.71. The molecule has 2 aliphatic rings. The monoisotopic (exact) mass is 462 g/mol. The Kier molecular flexibility index (Phi) is 6.39. The fourth-order valence-corrected chi connectivity index (χ4v) is 5.02. The molecule has 5 rings (SSSR count). The molecule has 1 atom stereocenters. The number of thioether (sulfide) groups is 1. The van der Waals surface area contributed by atoms with Crippen molar-refractivity contribution in [1.82, 2.24) is 30.4 Å². The van der Waals surface area contributed by atoms with Crippen molar-refractivity contribution in [1.29, 1.82) is 0 Å². The molecule has 0 bridgehead atoms. The SMILES string of the molecule is O=C(NC1CC1)C1CCCN(C(=O)c2ccccc2SCc2nnnn2-c2ccccc2)C1. The summed E-state index contributed by atoms with van der Waals surface area (Å²) in [5.41, 5.74) is 1.55. The third kappa shape index (κ3) is 5.08. The molecule has 170 valence electrons. The molecular weight excluding hydrogens is 436 g/mol. The van der Waals surface area contributed by atoms with E-state index in [0.29, 0.717) is 36.3 Å². The Morgan fingerprint density at radius 3 is 2.64 bits per heavy atom. The van der Waals surface area contributed by atoms with Gasteiger partial charge in [0.05, 0.1) is 22.9 Å².